The Morgan fingerprint density at radius 1 is 1.50 bits per heavy atom. The molecular formula is C7H2Cl2F3NO. The van der Waals surface area contributed by atoms with Crippen LogP contribution >= 0.6 is 23.2 Å². The molecule has 2 nitrogen and oxygen atoms in total. The van der Waals surface area contributed by atoms with E-state index in [9.17, 15) is 18.0 Å². The van der Waals surface area contributed by atoms with Gasteiger partial charge in [-0.25, -0.2) is 13.8 Å². The first-order chi connectivity index (χ1) is 6.43. The molecule has 0 N–H and O–H groups in total. The molecule has 76 valence electrons. The molecule has 0 saturated heterocycles. The number of nitrogens with zero attached hydrogens (tertiary/aromatic N) is 1. The van der Waals surface area contributed by atoms with Crippen LogP contribution in [0.4, 0.5) is 13.2 Å². The molecule has 0 spiro atoms. The van der Waals surface area contributed by atoms with Gasteiger partial charge in [-0.1, -0.05) is 11.6 Å². The molecule has 1 heterocycles. The molecule has 0 aliphatic rings. The fourth-order valence-electron chi connectivity index (χ4n) is 0.806. The van der Waals surface area contributed by atoms with Gasteiger partial charge in [0.1, 0.15) is 5.69 Å². The average molecular weight is 244 g/mol. The van der Waals surface area contributed by atoms with Crippen LogP contribution in [0.1, 0.15) is 22.5 Å². The number of alkyl halides is 2. The topological polar surface area (TPSA) is 30.0 Å². The Balaban J connectivity index is 3.40. The summed E-state index contributed by atoms with van der Waals surface area (Å²) in [5, 5.41) is -1.81. The second kappa shape index (κ2) is 4.14. The summed E-state index contributed by atoms with van der Waals surface area (Å²) >= 11 is 10.3. The number of carbonyl (C=O) groups excluding carboxylic acids is 1. The molecule has 1 aromatic rings. The van der Waals surface area contributed by atoms with Gasteiger partial charge in [-0.2, -0.15) is 4.39 Å². The zero-order chi connectivity index (χ0) is 10.9. The molecule has 1 rings (SSSR count). The Hall–Kier alpha value is -0.810. The Bertz CT molecular complexity index is 383. The van der Waals surface area contributed by atoms with Crippen molar-refractivity contribution in [2.24, 2.45) is 0 Å². The maximum Gasteiger partial charge on any atom is 0.272 e. The number of hydrogen-bond donors (Lipinski definition) is 0. The fourth-order valence-corrected chi connectivity index (χ4v) is 1.26. The minimum absolute atomic E-state index is 0.455. The normalized spacial score (nSPS) is 10.7. The summed E-state index contributed by atoms with van der Waals surface area (Å²) in [4.78, 5) is 13.6. The van der Waals surface area contributed by atoms with Crippen LogP contribution in [0.15, 0.2) is 6.07 Å². The molecule has 0 bridgehead atoms. The molecule has 0 saturated carbocycles. The first kappa shape index (κ1) is 11.3. The summed E-state index contributed by atoms with van der Waals surface area (Å²) in [5.41, 5.74) is -1.51. The van der Waals surface area contributed by atoms with Gasteiger partial charge in [0.15, 0.2) is 0 Å². The highest BCUT2D eigenvalue weighted by atomic mass is 35.5. The van der Waals surface area contributed by atoms with Gasteiger partial charge in [-0.15, -0.1) is 0 Å². The number of halogens is 5. The van der Waals surface area contributed by atoms with E-state index in [1.54, 1.807) is 0 Å². The Kier molecular flexibility index (Phi) is 3.34. The molecule has 0 unspecified atom stereocenters. The van der Waals surface area contributed by atoms with Crippen LogP contribution in [0.5, 0.6) is 0 Å². The molecule has 14 heavy (non-hydrogen) atoms. The average Bonchev–Trinajstić information content (AvgIpc) is 2.07. The Morgan fingerprint density at radius 3 is 2.50 bits per heavy atom. The molecule has 0 aliphatic carbocycles. The van der Waals surface area contributed by atoms with Gasteiger partial charge in [0, 0.05) is 11.6 Å². The van der Waals surface area contributed by atoms with E-state index in [2.05, 4.69) is 4.98 Å². The molecule has 0 radical (unpaired) electrons. The van der Waals surface area contributed by atoms with Crippen molar-refractivity contribution in [2.75, 3.05) is 0 Å². The molecule has 0 fully saturated rings. The van der Waals surface area contributed by atoms with E-state index in [1.807, 2.05) is 0 Å². The van der Waals surface area contributed by atoms with Gasteiger partial charge < -0.3 is 0 Å². The van der Waals surface area contributed by atoms with Crippen molar-refractivity contribution in [1.29, 1.82) is 0 Å². The third-order valence-electron chi connectivity index (χ3n) is 1.38. The lowest BCUT2D eigenvalue weighted by Gasteiger charge is -2.05. The van der Waals surface area contributed by atoms with Crippen molar-refractivity contribution in [3.63, 3.8) is 0 Å². The van der Waals surface area contributed by atoms with Crippen molar-refractivity contribution >= 4 is 28.4 Å². The van der Waals surface area contributed by atoms with Crippen molar-refractivity contribution in [3.8, 4) is 0 Å². The summed E-state index contributed by atoms with van der Waals surface area (Å²) in [5.74, 6) is -1.23. The van der Waals surface area contributed by atoms with E-state index >= 15 is 0 Å². The molecule has 0 atom stereocenters. The van der Waals surface area contributed by atoms with Crippen LogP contribution in [-0.4, -0.2) is 10.2 Å². The predicted octanol–water partition coefficient (Wildman–Crippen LogP) is 3.19. The summed E-state index contributed by atoms with van der Waals surface area (Å²) in [6, 6.07) is 0.455. The SMILES string of the molecule is O=C(Cl)c1nc(F)cc(C(F)F)c1Cl. The van der Waals surface area contributed by atoms with Gasteiger partial charge >= 0.3 is 0 Å². The number of rotatable bonds is 2. The summed E-state index contributed by atoms with van der Waals surface area (Å²) in [6.07, 6.45) is -2.99. The van der Waals surface area contributed by atoms with Crippen LogP contribution in [0.25, 0.3) is 0 Å². The molecule has 7 heteroatoms. The van der Waals surface area contributed by atoms with Crippen molar-refractivity contribution in [2.45, 2.75) is 6.43 Å². The first-order valence-corrected chi connectivity index (χ1v) is 4.03. The van der Waals surface area contributed by atoms with E-state index in [0.717, 1.165) is 0 Å². The van der Waals surface area contributed by atoms with E-state index < -0.39 is 33.9 Å². The van der Waals surface area contributed by atoms with Crippen LogP contribution in [0, 0.1) is 5.95 Å². The highest BCUT2D eigenvalue weighted by molar-refractivity contribution is 6.68. The number of pyridine rings is 1. The van der Waals surface area contributed by atoms with Crippen LogP contribution in [0.2, 0.25) is 5.02 Å². The quantitative estimate of drug-likeness (QED) is 0.590. The van der Waals surface area contributed by atoms with E-state index in [4.69, 9.17) is 23.2 Å². The maximum atomic E-state index is 12.6. The summed E-state index contributed by atoms with van der Waals surface area (Å²) in [7, 11) is 0. The second-order valence-corrected chi connectivity index (χ2v) is 2.99. The van der Waals surface area contributed by atoms with Gasteiger partial charge in [0.25, 0.3) is 11.7 Å². The number of hydrogen-bond acceptors (Lipinski definition) is 2. The van der Waals surface area contributed by atoms with Crippen molar-refractivity contribution in [3.05, 3.63) is 28.3 Å². The van der Waals surface area contributed by atoms with Crippen molar-refractivity contribution in [1.82, 2.24) is 4.98 Å². The lowest BCUT2D eigenvalue weighted by Crippen LogP contribution is -2.02. The lowest BCUT2D eigenvalue weighted by atomic mass is 10.2. The molecule has 0 aromatic carbocycles. The lowest BCUT2D eigenvalue weighted by molar-refractivity contribution is 0.107. The highest BCUT2D eigenvalue weighted by Gasteiger charge is 2.21. The van der Waals surface area contributed by atoms with Crippen molar-refractivity contribution < 1.29 is 18.0 Å². The molecule has 1 aromatic heterocycles. The fraction of sp³-hybridized carbons (Fsp3) is 0.143. The third-order valence-corrected chi connectivity index (χ3v) is 1.95. The van der Waals surface area contributed by atoms with Gasteiger partial charge in [0.05, 0.1) is 5.02 Å². The first-order valence-electron chi connectivity index (χ1n) is 3.27. The molecule has 0 amide bonds. The number of aromatic nitrogens is 1. The van der Waals surface area contributed by atoms with Crippen LogP contribution in [-0.2, 0) is 0 Å². The van der Waals surface area contributed by atoms with Gasteiger partial charge in [-0.3, -0.25) is 4.79 Å². The Labute approximate surface area is 86.6 Å². The number of carbonyl (C=O) groups is 1. The monoisotopic (exact) mass is 243 g/mol. The van der Waals surface area contributed by atoms with Crippen LogP contribution < -0.4 is 0 Å². The highest BCUT2D eigenvalue weighted by Crippen LogP contribution is 2.29. The minimum Gasteiger partial charge on any atom is -0.274 e. The zero-order valence-corrected chi connectivity index (χ0v) is 7.91. The summed E-state index contributed by atoms with van der Waals surface area (Å²) < 4.78 is 37.1. The smallest absolute Gasteiger partial charge is 0.272 e. The largest absolute Gasteiger partial charge is 0.274 e. The maximum absolute atomic E-state index is 12.6. The van der Waals surface area contributed by atoms with Gasteiger partial charge in [0.2, 0.25) is 5.95 Å². The van der Waals surface area contributed by atoms with E-state index in [-0.39, 0.29) is 0 Å². The molecular weight excluding hydrogens is 242 g/mol. The Morgan fingerprint density at radius 2 is 2.07 bits per heavy atom. The zero-order valence-electron chi connectivity index (χ0n) is 6.40. The van der Waals surface area contributed by atoms with E-state index in [1.165, 1.54) is 0 Å². The summed E-state index contributed by atoms with van der Waals surface area (Å²) in [6.45, 7) is 0. The standard InChI is InChI=1S/C7H2Cl2F3NO/c8-4-2(7(11)12)1-3(10)13-5(4)6(9)14/h1,7H. The second-order valence-electron chi connectivity index (χ2n) is 2.27. The van der Waals surface area contributed by atoms with E-state index in [0.29, 0.717) is 6.07 Å². The van der Waals surface area contributed by atoms with Gasteiger partial charge in [-0.05, 0) is 11.6 Å². The minimum atomic E-state index is -2.99. The predicted molar refractivity (Wildman–Crippen MR) is 44.3 cm³/mol. The third kappa shape index (κ3) is 2.16. The van der Waals surface area contributed by atoms with Crippen LogP contribution in [0.3, 0.4) is 0 Å². The molecule has 0 aliphatic heterocycles.